The Kier molecular flexibility index (Phi) is 15.0. The highest BCUT2D eigenvalue weighted by molar-refractivity contribution is 5.66. The van der Waals surface area contributed by atoms with Gasteiger partial charge in [0.25, 0.3) is 0 Å². The maximum absolute atomic E-state index is 11.8. The maximum atomic E-state index is 11.8. The molecule has 1 aromatic carbocycles. The Labute approximate surface area is 224 Å². The van der Waals surface area contributed by atoms with Crippen molar-refractivity contribution in [2.75, 3.05) is 6.61 Å². The van der Waals surface area contributed by atoms with Crippen LogP contribution in [0.3, 0.4) is 0 Å². The minimum absolute atomic E-state index is 0.110. The molecule has 37 heavy (non-hydrogen) atoms. The number of aliphatic hydroxyl groups is 1. The third-order valence-corrected chi connectivity index (χ3v) is 7.27. The van der Waals surface area contributed by atoms with Crippen LogP contribution in [0.25, 0.3) is 0 Å². The first-order valence-electron chi connectivity index (χ1n) is 14.3. The molecule has 2 unspecified atom stereocenters. The molecule has 1 saturated carbocycles. The van der Waals surface area contributed by atoms with Gasteiger partial charge in [0.1, 0.15) is 12.2 Å². The zero-order valence-electron chi connectivity index (χ0n) is 23.2. The number of benzene rings is 1. The molecule has 0 heterocycles. The van der Waals surface area contributed by atoms with Crippen LogP contribution in [0.4, 0.5) is 0 Å². The van der Waals surface area contributed by atoms with E-state index in [0.717, 1.165) is 44.9 Å². The van der Waals surface area contributed by atoms with Gasteiger partial charge in [-0.1, -0.05) is 75.1 Å². The molecule has 0 amide bonds. The van der Waals surface area contributed by atoms with E-state index in [4.69, 9.17) is 14.6 Å². The zero-order valence-corrected chi connectivity index (χ0v) is 23.2. The summed E-state index contributed by atoms with van der Waals surface area (Å²) in [6.45, 7) is 5.32. The summed E-state index contributed by atoms with van der Waals surface area (Å²) in [6.07, 6.45) is 19.9. The van der Waals surface area contributed by atoms with Gasteiger partial charge in [-0.25, -0.2) is 0 Å². The van der Waals surface area contributed by atoms with Gasteiger partial charge < -0.3 is 14.6 Å². The van der Waals surface area contributed by atoms with Crippen LogP contribution < -0.4 is 0 Å². The predicted octanol–water partition coefficient (Wildman–Crippen LogP) is 6.91. The van der Waals surface area contributed by atoms with Crippen LogP contribution in [0.1, 0.15) is 96.1 Å². The summed E-state index contributed by atoms with van der Waals surface area (Å²) in [5.41, 5.74) is 2.57. The lowest BCUT2D eigenvalue weighted by atomic mass is 9.75. The highest BCUT2D eigenvalue weighted by Gasteiger charge is 2.32. The van der Waals surface area contributed by atoms with Crippen molar-refractivity contribution in [3.8, 4) is 0 Å². The number of aliphatic hydroxyl groups excluding tert-OH is 1. The van der Waals surface area contributed by atoms with E-state index in [0.29, 0.717) is 18.3 Å². The van der Waals surface area contributed by atoms with Crippen molar-refractivity contribution in [2.45, 2.75) is 110 Å². The summed E-state index contributed by atoms with van der Waals surface area (Å²) in [7, 11) is 0. The molecule has 206 valence electrons. The fourth-order valence-corrected chi connectivity index (χ4v) is 5.46. The van der Waals surface area contributed by atoms with Crippen LogP contribution in [0.15, 0.2) is 48.6 Å². The summed E-state index contributed by atoms with van der Waals surface area (Å²) in [4.78, 5) is 23.6. The standard InChI is InChI=1S/C32H48O5/c1-4-5-6-15-27-16-7-8-19-29(27)24-30(36-25(2)34)20-11-9-17-28-18-10-12-21-31(28)32(37-26(3)35)22-13-14-23-33/h7-9,11,16-17,19-20,28,30-33H,4-6,10,12-15,18,21-24H2,1-3H3/b17-9+,20-11+/t28-,30?,31+,32?/m0/s1. The number of rotatable bonds is 16. The summed E-state index contributed by atoms with van der Waals surface area (Å²) in [5, 5.41) is 9.16. The van der Waals surface area contributed by atoms with Crippen molar-refractivity contribution >= 4 is 11.9 Å². The third-order valence-electron chi connectivity index (χ3n) is 7.27. The fraction of sp³-hybridized carbons (Fsp3) is 0.625. The SMILES string of the molecule is CCCCCc1ccccc1CC(/C=C/C=C/[C@H]1CCCC[C@H]1C(CCCCO)OC(C)=O)OC(C)=O. The summed E-state index contributed by atoms with van der Waals surface area (Å²) < 4.78 is 11.4. The first kappa shape index (κ1) is 30.8. The molecule has 4 atom stereocenters. The second-order valence-corrected chi connectivity index (χ2v) is 10.3. The monoisotopic (exact) mass is 512 g/mol. The van der Waals surface area contributed by atoms with Gasteiger partial charge in [-0.3, -0.25) is 9.59 Å². The molecule has 0 spiro atoms. The molecule has 1 aromatic rings. The maximum Gasteiger partial charge on any atom is 0.303 e. The highest BCUT2D eigenvalue weighted by atomic mass is 16.5. The van der Waals surface area contributed by atoms with E-state index in [2.05, 4.69) is 43.3 Å². The summed E-state index contributed by atoms with van der Waals surface area (Å²) in [5.74, 6) is 0.117. The van der Waals surface area contributed by atoms with Gasteiger partial charge in [0.2, 0.25) is 0 Å². The van der Waals surface area contributed by atoms with E-state index >= 15 is 0 Å². The fourth-order valence-electron chi connectivity index (χ4n) is 5.46. The Balaban J connectivity index is 2.08. The van der Waals surface area contributed by atoms with Gasteiger partial charge in [-0.15, -0.1) is 0 Å². The number of ether oxygens (including phenoxy) is 2. The number of esters is 2. The quantitative estimate of drug-likeness (QED) is 0.148. The predicted molar refractivity (Wildman–Crippen MR) is 149 cm³/mol. The molecule has 1 fully saturated rings. The van der Waals surface area contributed by atoms with Crippen LogP contribution in [0.2, 0.25) is 0 Å². The second-order valence-electron chi connectivity index (χ2n) is 10.3. The van der Waals surface area contributed by atoms with Gasteiger partial charge in [0.05, 0.1) is 0 Å². The van der Waals surface area contributed by atoms with Gasteiger partial charge in [-0.2, -0.15) is 0 Å². The average Bonchev–Trinajstić information content (AvgIpc) is 2.87. The van der Waals surface area contributed by atoms with E-state index in [1.807, 2.05) is 12.2 Å². The van der Waals surface area contributed by atoms with Crippen molar-refractivity contribution < 1.29 is 24.2 Å². The van der Waals surface area contributed by atoms with E-state index in [1.54, 1.807) is 0 Å². The average molecular weight is 513 g/mol. The molecule has 0 aromatic heterocycles. The minimum Gasteiger partial charge on any atom is -0.462 e. The number of aryl methyl sites for hydroxylation is 1. The Hall–Kier alpha value is -2.40. The van der Waals surface area contributed by atoms with Crippen LogP contribution in [0.5, 0.6) is 0 Å². The van der Waals surface area contributed by atoms with Crippen molar-refractivity contribution in [3.05, 3.63) is 59.7 Å². The molecule has 0 saturated heterocycles. The van der Waals surface area contributed by atoms with E-state index in [1.165, 1.54) is 50.7 Å². The molecule has 2 rings (SSSR count). The lowest BCUT2D eigenvalue weighted by molar-refractivity contribution is -0.151. The van der Waals surface area contributed by atoms with Gasteiger partial charge >= 0.3 is 11.9 Å². The molecule has 1 aliphatic carbocycles. The van der Waals surface area contributed by atoms with Gasteiger partial charge in [0, 0.05) is 32.8 Å². The molecule has 1 N–H and O–H groups in total. The molecule has 5 heteroatoms. The van der Waals surface area contributed by atoms with Gasteiger partial charge in [-0.05, 0) is 68.1 Å². The lowest BCUT2D eigenvalue weighted by Gasteiger charge is -2.35. The number of allylic oxidation sites excluding steroid dienone is 3. The van der Waals surface area contributed by atoms with Crippen molar-refractivity contribution in [2.24, 2.45) is 11.8 Å². The normalized spacial score (nSPS) is 19.7. The molecule has 0 bridgehead atoms. The van der Waals surface area contributed by atoms with Crippen LogP contribution >= 0.6 is 0 Å². The van der Waals surface area contributed by atoms with Crippen LogP contribution in [0, 0.1) is 11.8 Å². The molecule has 0 radical (unpaired) electrons. The van der Waals surface area contributed by atoms with Crippen LogP contribution in [-0.2, 0) is 31.9 Å². The number of carbonyl (C=O) groups excluding carboxylic acids is 2. The zero-order chi connectivity index (χ0) is 26.9. The Morgan fingerprint density at radius 2 is 1.70 bits per heavy atom. The third kappa shape index (κ3) is 12.1. The minimum atomic E-state index is -0.316. The number of carbonyl (C=O) groups is 2. The van der Waals surface area contributed by atoms with Gasteiger partial charge in [0.15, 0.2) is 0 Å². The molecule has 1 aliphatic rings. The molecular weight excluding hydrogens is 464 g/mol. The summed E-state index contributed by atoms with van der Waals surface area (Å²) in [6, 6.07) is 8.46. The van der Waals surface area contributed by atoms with Crippen LogP contribution in [-0.4, -0.2) is 35.9 Å². The van der Waals surface area contributed by atoms with E-state index < -0.39 is 0 Å². The van der Waals surface area contributed by atoms with E-state index in [-0.39, 0.29) is 30.8 Å². The van der Waals surface area contributed by atoms with E-state index in [9.17, 15) is 9.59 Å². The first-order valence-corrected chi connectivity index (χ1v) is 14.3. The Morgan fingerprint density at radius 3 is 2.41 bits per heavy atom. The smallest absolute Gasteiger partial charge is 0.303 e. The number of hydrogen-bond acceptors (Lipinski definition) is 5. The highest BCUT2D eigenvalue weighted by Crippen LogP contribution is 2.36. The molecule has 5 nitrogen and oxygen atoms in total. The largest absolute Gasteiger partial charge is 0.462 e. The van der Waals surface area contributed by atoms with Crippen molar-refractivity contribution in [1.29, 1.82) is 0 Å². The number of hydrogen-bond donors (Lipinski definition) is 1. The Bertz CT molecular complexity index is 858. The Morgan fingerprint density at radius 1 is 0.973 bits per heavy atom. The topological polar surface area (TPSA) is 72.8 Å². The summed E-state index contributed by atoms with van der Waals surface area (Å²) >= 11 is 0. The van der Waals surface area contributed by atoms with Crippen molar-refractivity contribution in [1.82, 2.24) is 0 Å². The first-order chi connectivity index (χ1) is 17.9. The second kappa shape index (κ2) is 18.0. The number of unbranched alkanes of at least 4 members (excludes halogenated alkanes) is 3. The molecule has 0 aliphatic heterocycles. The molecular formula is C32H48O5. The lowest BCUT2D eigenvalue weighted by Crippen LogP contribution is -2.33. The van der Waals surface area contributed by atoms with Crippen molar-refractivity contribution in [3.63, 3.8) is 0 Å².